The number of carbonyl (C=O) groups is 1. The normalized spacial score (nSPS) is 11.1. The SMILES string of the molecule is CCOc1cc(/C=C(\C#N)C(=O)Nc2c(Br)cc(C)cc2Br)cc(Br)c1OCc1ccc(F)cc1. The predicted molar refractivity (Wildman–Crippen MR) is 145 cm³/mol. The molecule has 3 aromatic carbocycles. The molecule has 1 amide bonds. The number of ether oxygens (including phenoxy) is 2. The van der Waals surface area contributed by atoms with E-state index in [0.29, 0.717) is 42.8 Å². The fourth-order valence-electron chi connectivity index (χ4n) is 3.13. The third-order valence-corrected chi connectivity index (χ3v) is 6.57. The van der Waals surface area contributed by atoms with Crippen LogP contribution in [-0.4, -0.2) is 12.5 Å². The van der Waals surface area contributed by atoms with E-state index in [1.54, 1.807) is 24.3 Å². The van der Waals surface area contributed by atoms with Crippen LogP contribution in [0.4, 0.5) is 10.1 Å². The van der Waals surface area contributed by atoms with Gasteiger partial charge in [0.25, 0.3) is 5.91 Å². The van der Waals surface area contributed by atoms with Gasteiger partial charge in [0.2, 0.25) is 0 Å². The molecule has 5 nitrogen and oxygen atoms in total. The van der Waals surface area contributed by atoms with Crippen molar-refractivity contribution in [3.05, 3.63) is 90.0 Å². The first-order valence-electron chi connectivity index (χ1n) is 10.4. The molecule has 180 valence electrons. The van der Waals surface area contributed by atoms with Crippen LogP contribution in [-0.2, 0) is 11.4 Å². The van der Waals surface area contributed by atoms with Crippen LogP contribution in [0.2, 0.25) is 0 Å². The minimum Gasteiger partial charge on any atom is -0.490 e. The molecule has 0 atom stereocenters. The number of benzene rings is 3. The maximum Gasteiger partial charge on any atom is 0.266 e. The van der Waals surface area contributed by atoms with Crippen molar-refractivity contribution in [3.63, 3.8) is 0 Å². The van der Waals surface area contributed by atoms with Crippen molar-refractivity contribution >= 4 is 65.5 Å². The number of hydrogen-bond donors (Lipinski definition) is 1. The summed E-state index contributed by atoms with van der Waals surface area (Å²) in [6.45, 7) is 4.36. The Kier molecular flexibility index (Phi) is 9.49. The van der Waals surface area contributed by atoms with Gasteiger partial charge in [-0.1, -0.05) is 12.1 Å². The van der Waals surface area contributed by atoms with Crippen LogP contribution < -0.4 is 14.8 Å². The zero-order chi connectivity index (χ0) is 25.5. The molecular formula is C26H20Br3FN2O3. The van der Waals surface area contributed by atoms with E-state index in [1.807, 2.05) is 32.0 Å². The van der Waals surface area contributed by atoms with Gasteiger partial charge >= 0.3 is 0 Å². The van der Waals surface area contributed by atoms with Crippen LogP contribution in [0.3, 0.4) is 0 Å². The van der Waals surface area contributed by atoms with Gasteiger partial charge in [0.1, 0.15) is 24.1 Å². The summed E-state index contributed by atoms with van der Waals surface area (Å²) in [5.74, 6) is 0.0322. The summed E-state index contributed by atoms with van der Waals surface area (Å²) >= 11 is 10.4. The highest BCUT2D eigenvalue weighted by Crippen LogP contribution is 2.38. The molecule has 0 saturated heterocycles. The number of nitrogens with one attached hydrogen (secondary N) is 1. The van der Waals surface area contributed by atoms with E-state index >= 15 is 0 Å². The third-order valence-electron chi connectivity index (χ3n) is 4.73. The maximum absolute atomic E-state index is 13.2. The summed E-state index contributed by atoms with van der Waals surface area (Å²) in [6, 6.07) is 15.1. The van der Waals surface area contributed by atoms with Crippen molar-refractivity contribution < 1.29 is 18.7 Å². The van der Waals surface area contributed by atoms with E-state index in [9.17, 15) is 14.4 Å². The van der Waals surface area contributed by atoms with E-state index in [2.05, 4.69) is 53.1 Å². The number of nitriles is 1. The number of anilines is 1. The van der Waals surface area contributed by atoms with Crippen molar-refractivity contribution in [3.8, 4) is 17.6 Å². The molecule has 0 heterocycles. The first-order chi connectivity index (χ1) is 16.7. The number of carbonyl (C=O) groups excluding carboxylic acids is 1. The molecule has 0 radical (unpaired) electrons. The number of nitrogens with zero attached hydrogens (tertiary/aromatic N) is 1. The van der Waals surface area contributed by atoms with Crippen molar-refractivity contribution in [1.82, 2.24) is 0 Å². The number of hydrogen-bond acceptors (Lipinski definition) is 4. The lowest BCUT2D eigenvalue weighted by atomic mass is 10.1. The average Bonchev–Trinajstić information content (AvgIpc) is 2.80. The topological polar surface area (TPSA) is 71.3 Å². The second-order valence-corrected chi connectivity index (χ2v) is 9.97. The molecule has 0 unspecified atom stereocenters. The van der Waals surface area contributed by atoms with Gasteiger partial charge in [-0.05, 0) is 121 Å². The molecule has 0 aromatic heterocycles. The van der Waals surface area contributed by atoms with Crippen LogP contribution in [0.5, 0.6) is 11.5 Å². The summed E-state index contributed by atoms with van der Waals surface area (Å²) in [4.78, 5) is 12.8. The Labute approximate surface area is 228 Å². The van der Waals surface area contributed by atoms with E-state index in [1.165, 1.54) is 18.2 Å². The van der Waals surface area contributed by atoms with Gasteiger partial charge in [0, 0.05) is 8.95 Å². The molecule has 0 aliphatic rings. The van der Waals surface area contributed by atoms with Crippen molar-refractivity contribution in [2.75, 3.05) is 11.9 Å². The lowest BCUT2D eigenvalue weighted by Crippen LogP contribution is -2.14. The Hall–Kier alpha value is -2.67. The molecule has 0 aliphatic carbocycles. The smallest absolute Gasteiger partial charge is 0.266 e. The highest BCUT2D eigenvalue weighted by atomic mass is 79.9. The van der Waals surface area contributed by atoms with Crippen molar-refractivity contribution in [2.24, 2.45) is 0 Å². The monoisotopic (exact) mass is 664 g/mol. The predicted octanol–water partition coefficient (Wildman–Crippen LogP) is 7.95. The second-order valence-electron chi connectivity index (χ2n) is 7.41. The Balaban J connectivity index is 1.87. The largest absolute Gasteiger partial charge is 0.490 e. The standard InChI is InChI=1S/C26H20Br3FN2O3/c1-3-34-23-12-17(11-22(29)25(23)35-14-16-4-6-19(30)7-5-16)10-18(13-31)26(33)32-24-20(27)8-15(2)9-21(24)28/h4-12H,3,14H2,1-2H3,(H,32,33)/b18-10+. The Morgan fingerprint density at radius 3 is 2.31 bits per heavy atom. The minimum absolute atomic E-state index is 0.0845. The van der Waals surface area contributed by atoms with Gasteiger partial charge < -0.3 is 14.8 Å². The minimum atomic E-state index is -0.552. The molecule has 0 bridgehead atoms. The number of rotatable bonds is 8. The first-order valence-corrected chi connectivity index (χ1v) is 12.8. The molecule has 35 heavy (non-hydrogen) atoms. The van der Waals surface area contributed by atoms with Gasteiger partial charge in [-0.3, -0.25) is 4.79 Å². The first kappa shape index (κ1) is 26.9. The van der Waals surface area contributed by atoms with E-state index < -0.39 is 5.91 Å². The summed E-state index contributed by atoms with van der Waals surface area (Å²) in [5, 5.41) is 12.4. The Bertz CT molecular complexity index is 1300. The molecule has 0 fully saturated rings. The summed E-state index contributed by atoms with van der Waals surface area (Å²) in [5.41, 5.74) is 2.82. The molecule has 1 N–H and O–H groups in total. The van der Waals surface area contributed by atoms with E-state index in [0.717, 1.165) is 11.1 Å². The van der Waals surface area contributed by atoms with Crippen LogP contribution >= 0.6 is 47.8 Å². The molecule has 9 heteroatoms. The second kappa shape index (κ2) is 12.3. The molecule has 0 saturated carbocycles. The number of amides is 1. The van der Waals surface area contributed by atoms with Crippen molar-refractivity contribution in [1.29, 1.82) is 5.26 Å². The Morgan fingerprint density at radius 2 is 1.71 bits per heavy atom. The zero-order valence-electron chi connectivity index (χ0n) is 18.8. The highest BCUT2D eigenvalue weighted by Gasteiger charge is 2.17. The lowest BCUT2D eigenvalue weighted by Gasteiger charge is -2.15. The molecule has 0 aliphatic heterocycles. The lowest BCUT2D eigenvalue weighted by molar-refractivity contribution is -0.112. The van der Waals surface area contributed by atoms with Crippen LogP contribution in [0, 0.1) is 24.1 Å². The van der Waals surface area contributed by atoms with Gasteiger partial charge in [-0.2, -0.15) is 5.26 Å². The molecular weight excluding hydrogens is 647 g/mol. The highest BCUT2D eigenvalue weighted by molar-refractivity contribution is 9.11. The van der Waals surface area contributed by atoms with Crippen LogP contribution in [0.15, 0.2) is 67.5 Å². The fourth-order valence-corrected chi connectivity index (χ4v) is 5.31. The summed E-state index contributed by atoms with van der Waals surface area (Å²) in [6.07, 6.45) is 1.47. The average molecular weight is 667 g/mol. The zero-order valence-corrected chi connectivity index (χ0v) is 23.6. The number of halogens is 4. The van der Waals surface area contributed by atoms with E-state index in [-0.39, 0.29) is 18.0 Å². The molecule has 0 spiro atoms. The quantitative estimate of drug-likeness (QED) is 0.196. The number of aryl methyl sites for hydroxylation is 1. The maximum atomic E-state index is 13.2. The summed E-state index contributed by atoms with van der Waals surface area (Å²) in [7, 11) is 0. The molecule has 3 rings (SSSR count). The summed E-state index contributed by atoms with van der Waals surface area (Å²) < 4.78 is 26.8. The third kappa shape index (κ3) is 7.17. The van der Waals surface area contributed by atoms with Crippen LogP contribution in [0.1, 0.15) is 23.6 Å². The van der Waals surface area contributed by atoms with E-state index in [4.69, 9.17) is 9.47 Å². The van der Waals surface area contributed by atoms with Gasteiger partial charge in [0.05, 0.1) is 16.8 Å². The van der Waals surface area contributed by atoms with Gasteiger partial charge in [-0.15, -0.1) is 0 Å². The fraction of sp³-hybridized carbons (Fsp3) is 0.154. The van der Waals surface area contributed by atoms with Crippen LogP contribution in [0.25, 0.3) is 6.08 Å². The van der Waals surface area contributed by atoms with Gasteiger partial charge in [-0.25, -0.2) is 4.39 Å². The molecule has 3 aromatic rings. The van der Waals surface area contributed by atoms with Crippen molar-refractivity contribution in [2.45, 2.75) is 20.5 Å². The Morgan fingerprint density at radius 1 is 1.06 bits per heavy atom. The van der Waals surface area contributed by atoms with Gasteiger partial charge in [0.15, 0.2) is 11.5 Å².